The molecular weight excluding hydrogens is 925 g/mol. The molecule has 11 aromatic carbocycles. The van der Waals surface area contributed by atoms with Gasteiger partial charge in [-0.2, -0.15) is 0 Å². The summed E-state index contributed by atoms with van der Waals surface area (Å²) in [6, 6.07) is 96.2. The molecule has 0 amide bonds. The van der Waals surface area contributed by atoms with Crippen LogP contribution in [0.4, 0.5) is 0 Å². The molecule has 0 atom stereocenters. The Morgan fingerprint density at radius 3 is 1.26 bits per heavy atom. The number of para-hydroxylation sites is 5. The van der Waals surface area contributed by atoms with Crippen LogP contribution in [0.3, 0.4) is 0 Å². The second kappa shape index (κ2) is 16.6. The van der Waals surface area contributed by atoms with Gasteiger partial charge in [0.2, 0.25) is 0 Å². The zero-order chi connectivity index (χ0) is 49.8. The van der Waals surface area contributed by atoms with Crippen LogP contribution in [0.5, 0.6) is 0 Å². The standard InChI is InChI=1S/C70H44N6/c1-6-20-45(21-7-1)58-44-59(72-70(71-58)46-22-8-2-9-23-46)47-34-36-56-65(42-47)74(49-26-12-4-13-27-49)64-40-37-53-52-30-16-18-32-60(52)76(68(53)67(56)64)51-35-39-62-57(43-51)54-38-41-63-66(69(54)75(62)50-28-14-5-15-29-50)55-31-17-19-33-61(55)73(63)48-24-10-3-11-25-48/h1-44H. The van der Waals surface area contributed by atoms with Crippen molar-refractivity contribution >= 4 is 87.2 Å². The minimum Gasteiger partial charge on any atom is -0.309 e. The van der Waals surface area contributed by atoms with Crippen LogP contribution in [0.2, 0.25) is 0 Å². The van der Waals surface area contributed by atoms with Crippen molar-refractivity contribution in [2.24, 2.45) is 0 Å². The Kier molecular flexibility index (Phi) is 9.23. The lowest BCUT2D eigenvalue weighted by atomic mass is 10.0. The van der Waals surface area contributed by atoms with Crippen molar-refractivity contribution in [1.82, 2.24) is 28.2 Å². The fourth-order valence-electron chi connectivity index (χ4n) is 12.3. The summed E-state index contributed by atoms with van der Waals surface area (Å²) >= 11 is 0. The molecule has 5 heterocycles. The van der Waals surface area contributed by atoms with Gasteiger partial charge in [0.1, 0.15) is 0 Å². The van der Waals surface area contributed by atoms with Crippen molar-refractivity contribution < 1.29 is 0 Å². The first kappa shape index (κ1) is 42.2. The van der Waals surface area contributed by atoms with Gasteiger partial charge in [0.25, 0.3) is 0 Å². The van der Waals surface area contributed by atoms with Crippen LogP contribution >= 0.6 is 0 Å². The van der Waals surface area contributed by atoms with Gasteiger partial charge in [-0.05, 0) is 91.0 Å². The Hall–Kier alpha value is -10.3. The topological polar surface area (TPSA) is 45.5 Å². The van der Waals surface area contributed by atoms with Crippen LogP contribution in [0, 0.1) is 0 Å². The number of hydrogen-bond donors (Lipinski definition) is 0. The summed E-state index contributed by atoms with van der Waals surface area (Å²) in [5.74, 6) is 0.694. The Morgan fingerprint density at radius 1 is 0.224 bits per heavy atom. The molecule has 0 radical (unpaired) electrons. The minimum absolute atomic E-state index is 0.694. The van der Waals surface area contributed by atoms with E-state index in [2.05, 4.69) is 261 Å². The molecule has 354 valence electrons. The summed E-state index contributed by atoms with van der Waals surface area (Å²) in [5, 5.41) is 9.63. The third kappa shape index (κ3) is 6.28. The largest absolute Gasteiger partial charge is 0.309 e. The highest BCUT2D eigenvalue weighted by Crippen LogP contribution is 2.46. The van der Waals surface area contributed by atoms with Gasteiger partial charge < -0.3 is 18.3 Å². The summed E-state index contributed by atoms with van der Waals surface area (Å²) in [5.41, 5.74) is 18.5. The predicted molar refractivity (Wildman–Crippen MR) is 316 cm³/mol. The fourth-order valence-corrected chi connectivity index (χ4v) is 12.3. The summed E-state index contributed by atoms with van der Waals surface area (Å²) in [4.78, 5) is 10.4. The van der Waals surface area contributed by atoms with Crippen LogP contribution in [0.1, 0.15) is 0 Å². The van der Waals surface area contributed by atoms with E-state index in [4.69, 9.17) is 9.97 Å². The van der Waals surface area contributed by atoms with Crippen LogP contribution in [0.25, 0.3) is 144 Å². The van der Waals surface area contributed by atoms with Crippen molar-refractivity contribution in [2.75, 3.05) is 0 Å². The minimum atomic E-state index is 0.694. The molecule has 6 heteroatoms. The second-order valence-electron chi connectivity index (χ2n) is 19.7. The maximum absolute atomic E-state index is 5.28. The Morgan fingerprint density at radius 2 is 0.645 bits per heavy atom. The van der Waals surface area contributed by atoms with Crippen molar-refractivity contribution in [2.45, 2.75) is 0 Å². The van der Waals surface area contributed by atoms with Crippen LogP contribution < -0.4 is 0 Å². The quantitative estimate of drug-likeness (QED) is 0.160. The summed E-state index contributed by atoms with van der Waals surface area (Å²) in [6.45, 7) is 0. The van der Waals surface area contributed by atoms with Gasteiger partial charge in [-0.15, -0.1) is 0 Å². The first-order chi connectivity index (χ1) is 37.7. The van der Waals surface area contributed by atoms with Crippen molar-refractivity contribution in [3.8, 4) is 56.7 Å². The molecule has 16 rings (SSSR count). The first-order valence-electron chi connectivity index (χ1n) is 25.9. The highest BCUT2D eigenvalue weighted by atomic mass is 15.0. The maximum Gasteiger partial charge on any atom is 0.160 e. The van der Waals surface area contributed by atoms with Gasteiger partial charge in [-0.25, -0.2) is 9.97 Å². The highest BCUT2D eigenvalue weighted by Gasteiger charge is 2.25. The van der Waals surface area contributed by atoms with Gasteiger partial charge >= 0.3 is 0 Å². The fraction of sp³-hybridized carbons (Fsp3) is 0. The molecule has 0 aliphatic heterocycles. The van der Waals surface area contributed by atoms with Crippen molar-refractivity contribution in [1.29, 1.82) is 0 Å². The number of aromatic nitrogens is 6. The number of fused-ring (bicyclic) bond motifs is 14. The molecule has 0 fully saturated rings. The van der Waals surface area contributed by atoms with E-state index in [1.54, 1.807) is 0 Å². The maximum atomic E-state index is 5.28. The number of nitrogens with zero attached hydrogens (tertiary/aromatic N) is 6. The Bertz CT molecular complexity index is 4890. The zero-order valence-electron chi connectivity index (χ0n) is 41.1. The Labute approximate surface area is 436 Å². The van der Waals surface area contributed by atoms with E-state index in [-0.39, 0.29) is 0 Å². The molecule has 0 saturated heterocycles. The molecule has 0 saturated carbocycles. The average Bonchev–Trinajstić information content (AvgIpc) is 4.37. The van der Waals surface area contributed by atoms with Gasteiger partial charge in [0.15, 0.2) is 5.82 Å². The van der Waals surface area contributed by atoms with Crippen molar-refractivity contribution in [3.05, 3.63) is 267 Å². The molecule has 0 aliphatic rings. The van der Waals surface area contributed by atoms with Gasteiger partial charge in [-0.3, -0.25) is 0 Å². The Balaban J connectivity index is 0.979. The lowest BCUT2D eigenvalue weighted by Gasteiger charge is -2.12. The number of rotatable bonds is 7. The normalized spacial score (nSPS) is 11.9. The first-order valence-corrected chi connectivity index (χ1v) is 25.9. The summed E-state index contributed by atoms with van der Waals surface area (Å²) in [7, 11) is 0. The molecular formula is C70H44N6. The average molecular weight is 969 g/mol. The molecule has 16 aromatic rings. The van der Waals surface area contributed by atoms with E-state index in [0.29, 0.717) is 5.82 Å². The lowest BCUT2D eigenvalue weighted by Crippen LogP contribution is -1.97. The molecule has 0 spiro atoms. The third-order valence-electron chi connectivity index (χ3n) is 15.5. The lowest BCUT2D eigenvalue weighted by molar-refractivity contribution is 1.16. The highest BCUT2D eigenvalue weighted by molar-refractivity contribution is 6.28. The van der Waals surface area contributed by atoms with Gasteiger partial charge in [-0.1, -0.05) is 176 Å². The number of hydrogen-bond acceptors (Lipinski definition) is 2. The van der Waals surface area contributed by atoms with Crippen LogP contribution in [0.15, 0.2) is 267 Å². The van der Waals surface area contributed by atoms with Crippen molar-refractivity contribution in [3.63, 3.8) is 0 Å². The van der Waals surface area contributed by atoms with Crippen LogP contribution in [-0.4, -0.2) is 28.2 Å². The molecule has 6 nitrogen and oxygen atoms in total. The summed E-state index contributed by atoms with van der Waals surface area (Å²) < 4.78 is 9.85. The molecule has 5 aromatic heterocycles. The third-order valence-corrected chi connectivity index (χ3v) is 15.5. The van der Waals surface area contributed by atoms with Gasteiger partial charge in [0, 0.05) is 82.5 Å². The van der Waals surface area contributed by atoms with E-state index < -0.39 is 0 Å². The number of benzene rings is 11. The monoisotopic (exact) mass is 968 g/mol. The molecule has 0 unspecified atom stereocenters. The van der Waals surface area contributed by atoms with Gasteiger partial charge in [0.05, 0.1) is 55.5 Å². The van der Waals surface area contributed by atoms with E-state index in [9.17, 15) is 0 Å². The van der Waals surface area contributed by atoms with E-state index >= 15 is 0 Å². The second-order valence-corrected chi connectivity index (χ2v) is 19.7. The van der Waals surface area contributed by atoms with Crippen LogP contribution in [-0.2, 0) is 0 Å². The molecule has 0 bridgehead atoms. The molecule has 0 N–H and O–H groups in total. The smallest absolute Gasteiger partial charge is 0.160 e. The predicted octanol–water partition coefficient (Wildman–Crippen LogP) is 17.9. The molecule has 0 aliphatic carbocycles. The van der Waals surface area contributed by atoms with E-state index in [0.717, 1.165) is 78.3 Å². The SMILES string of the molecule is c1ccc(-c2cc(-c3ccc4c5c(ccc6c7ccccc7n(-c7ccc8c(c7)c7ccc9c(c%10ccccc%10n9-c9ccccc9)c7n8-c7ccccc7)c65)n(-c5ccccc5)c4c3)nc(-c3ccccc3)n2)cc1. The molecule has 76 heavy (non-hydrogen) atoms. The van der Waals surface area contributed by atoms with E-state index in [1.165, 1.54) is 59.8 Å². The summed E-state index contributed by atoms with van der Waals surface area (Å²) in [6.07, 6.45) is 0. The van der Waals surface area contributed by atoms with E-state index in [1.807, 2.05) is 24.3 Å². The zero-order valence-corrected chi connectivity index (χ0v) is 41.1.